The Labute approximate surface area is 197 Å². The normalized spacial score (nSPS) is 13.0. The number of amides is 1. The Balaban J connectivity index is 1.60. The van der Waals surface area contributed by atoms with Crippen LogP contribution in [0.2, 0.25) is 0 Å². The van der Waals surface area contributed by atoms with Gasteiger partial charge in [-0.2, -0.15) is 4.98 Å². The molecule has 2 aromatic heterocycles. The molecule has 1 aliphatic rings. The van der Waals surface area contributed by atoms with Crippen LogP contribution in [-0.2, 0) is 22.4 Å². The molecule has 178 valence electrons. The fourth-order valence-electron chi connectivity index (χ4n) is 4.03. The molecule has 3 aromatic rings. The first-order valence-electron chi connectivity index (χ1n) is 11.2. The van der Waals surface area contributed by atoms with Crippen molar-refractivity contribution in [3.8, 4) is 28.3 Å². The maximum absolute atomic E-state index is 12.7. The lowest BCUT2D eigenvalue weighted by atomic mass is 9.93. The van der Waals surface area contributed by atoms with Crippen LogP contribution in [0.25, 0.3) is 22.4 Å². The second kappa shape index (κ2) is 10.6. The summed E-state index contributed by atoms with van der Waals surface area (Å²) < 4.78 is 18.2. The summed E-state index contributed by atoms with van der Waals surface area (Å²) in [5.41, 5.74) is 4.80. The van der Waals surface area contributed by atoms with Gasteiger partial charge < -0.3 is 19.5 Å². The highest BCUT2D eigenvalue weighted by Gasteiger charge is 2.20. The highest BCUT2D eigenvalue weighted by molar-refractivity contribution is 5.92. The van der Waals surface area contributed by atoms with Crippen LogP contribution in [0.1, 0.15) is 23.0 Å². The predicted octanol–water partition coefficient (Wildman–Crippen LogP) is 2.32. The van der Waals surface area contributed by atoms with E-state index in [-0.39, 0.29) is 30.2 Å². The molecule has 1 atom stereocenters. The van der Waals surface area contributed by atoms with E-state index >= 15 is 0 Å². The number of nitrogens with zero attached hydrogens (tertiary/aromatic N) is 3. The first kappa shape index (κ1) is 23.6. The first-order valence-corrected chi connectivity index (χ1v) is 11.2. The van der Waals surface area contributed by atoms with Crippen LogP contribution in [-0.4, -0.2) is 60.5 Å². The SMILES string of the molecule is CCOC(COC)COc1cc2n(c(=O)n1)CCc1cc(-c3ccc(C(=O)NC)nc3)ccc1-2. The van der Waals surface area contributed by atoms with Crippen molar-refractivity contribution in [3.63, 3.8) is 0 Å². The van der Waals surface area contributed by atoms with Gasteiger partial charge in [0.2, 0.25) is 5.88 Å². The van der Waals surface area contributed by atoms with Gasteiger partial charge in [0.1, 0.15) is 18.4 Å². The molecule has 0 saturated heterocycles. The summed E-state index contributed by atoms with van der Waals surface area (Å²) in [5, 5.41) is 2.57. The van der Waals surface area contributed by atoms with Crippen LogP contribution in [0.5, 0.6) is 5.88 Å². The number of benzene rings is 1. The minimum Gasteiger partial charge on any atom is -0.475 e. The van der Waals surface area contributed by atoms with Crippen LogP contribution in [0.15, 0.2) is 47.4 Å². The van der Waals surface area contributed by atoms with E-state index in [1.165, 1.54) is 0 Å². The fraction of sp³-hybridized carbons (Fsp3) is 0.360. The quantitative estimate of drug-likeness (QED) is 0.518. The number of methoxy groups -OCH3 is 1. The van der Waals surface area contributed by atoms with Gasteiger partial charge in [-0.25, -0.2) is 4.79 Å². The summed E-state index contributed by atoms with van der Waals surface area (Å²) in [6, 6.07) is 11.5. The third-order valence-corrected chi connectivity index (χ3v) is 5.70. The van der Waals surface area contributed by atoms with E-state index in [1.807, 2.05) is 25.1 Å². The number of hydrogen-bond acceptors (Lipinski definition) is 7. The molecule has 1 N–H and O–H groups in total. The lowest BCUT2D eigenvalue weighted by molar-refractivity contribution is -0.0211. The number of fused-ring (bicyclic) bond motifs is 3. The van der Waals surface area contributed by atoms with Gasteiger partial charge in [0.05, 0.1) is 12.3 Å². The van der Waals surface area contributed by atoms with Crippen LogP contribution in [0, 0.1) is 0 Å². The smallest absolute Gasteiger partial charge is 0.351 e. The number of carbonyl (C=O) groups excluding carboxylic acids is 1. The molecule has 4 rings (SSSR count). The van der Waals surface area contributed by atoms with Crippen LogP contribution in [0.4, 0.5) is 0 Å². The van der Waals surface area contributed by atoms with Gasteiger partial charge in [0, 0.05) is 50.7 Å². The Hall–Kier alpha value is -3.56. The van der Waals surface area contributed by atoms with Gasteiger partial charge in [-0.05, 0) is 30.5 Å². The molecule has 0 fully saturated rings. The van der Waals surface area contributed by atoms with E-state index in [0.717, 1.165) is 27.9 Å². The standard InChI is InChI=1S/C25H28N4O5/c1-4-33-19(14-32-3)15-34-23-12-22-20-7-5-16(11-17(20)9-10-29(22)25(31)28-23)18-6-8-21(27-13-18)24(30)26-2/h5-8,11-13,19H,4,9-10,14-15H2,1-3H3,(H,26,30). The van der Waals surface area contributed by atoms with Crippen molar-refractivity contribution in [1.82, 2.24) is 19.9 Å². The third-order valence-electron chi connectivity index (χ3n) is 5.70. The maximum atomic E-state index is 12.7. The number of aromatic nitrogens is 3. The second-order valence-electron chi connectivity index (χ2n) is 7.89. The average Bonchev–Trinajstić information content (AvgIpc) is 2.86. The number of aryl methyl sites for hydroxylation is 1. The minimum absolute atomic E-state index is 0.222. The highest BCUT2D eigenvalue weighted by atomic mass is 16.6. The zero-order valence-corrected chi connectivity index (χ0v) is 19.5. The van der Waals surface area contributed by atoms with Gasteiger partial charge in [-0.3, -0.25) is 14.3 Å². The van der Waals surface area contributed by atoms with Gasteiger partial charge >= 0.3 is 5.69 Å². The van der Waals surface area contributed by atoms with E-state index < -0.39 is 0 Å². The van der Waals surface area contributed by atoms with Crippen LogP contribution in [0.3, 0.4) is 0 Å². The molecule has 3 heterocycles. The Kier molecular flexibility index (Phi) is 7.34. The lowest BCUT2D eigenvalue weighted by Crippen LogP contribution is -2.30. The van der Waals surface area contributed by atoms with Crippen molar-refractivity contribution in [2.75, 3.05) is 34.0 Å². The van der Waals surface area contributed by atoms with Crippen molar-refractivity contribution in [2.24, 2.45) is 0 Å². The first-order chi connectivity index (χ1) is 16.5. The summed E-state index contributed by atoms with van der Waals surface area (Å²) in [5.74, 6) is 0.0449. The van der Waals surface area contributed by atoms with Crippen LogP contribution < -0.4 is 15.7 Å². The molecule has 0 saturated carbocycles. The molecule has 0 spiro atoms. The number of ether oxygens (including phenoxy) is 3. The largest absolute Gasteiger partial charge is 0.475 e. The molecule has 1 unspecified atom stereocenters. The van der Waals surface area contributed by atoms with E-state index in [0.29, 0.717) is 31.9 Å². The van der Waals surface area contributed by atoms with E-state index in [1.54, 1.807) is 37.1 Å². The molecule has 1 amide bonds. The maximum Gasteiger partial charge on any atom is 0.351 e. The lowest BCUT2D eigenvalue weighted by Gasteiger charge is -2.23. The molecule has 9 heteroatoms. The average molecular weight is 465 g/mol. The number of hydrogen-bond donors (Lipinski definition) is 1. The molecular weight excluding hydrogens is 436 g/mol. The van der Waals surface area contributed by atoms with Gasteiger partial charge in [-0.15, -0.1) is 0 Å². The predicted molar refractivity (Wildman–Crippen MR) is 127 cm³/mol. The van der Waals surface area contributed by atoms with Crippen molar-refractivity contribution in [2.45, 2.75) is 26.0 Å². The topological polar surface area (TPSA) is 105 Å². The molecule has 9 nitrogen and oxygen atoms in total. The Morgan fingerprint density at radius 3 is 2.71 bits per heavy atom. The summed E-state index contributed by atoms with van der Waals surface area (Å²) in [7, 11) is 3.18. The zero-order chi connectivity index (χ0) is 24.1. The number of pyridine rings is 1. The summed E-state index contributed by atoms with van der Waals surface area (Å²) in [6.07, 6.45) is 2.16. The third kappa shape index (κ3) is 5.00. The van der Waals surface area contributed by atoms with Gasteiger partial charge in [0.15, 0.2) is 0 Å². The van der Waals surface area contributed by atoms with Crippen molar-refractivity contribution in [3.05, 3.63) is 64.3 Å². The molecule has 1 aromatic carbocycles. The molecule has 0 aliphatic carbocycles. The Bertz CT molecular complexity index is 1220. The Morgan fingerprint density at radius 1 is 1.18 bits per heavy atom. The monoisotopic (exact) mass is 464 g/mol. The van der Waals surface area contributed by atoms with E-state index in [2.05, 4.69) is 21.4 Å². The Morgan fingerprint density at radius 2 is 2.00 bits per heavy atom. The van der Waals surface area contributed by atoms with Gasteiger partial charge in [-0.1, -0.05) is 24.3 Å². The number of nitrogens with one attached hydrogen (secondary N) is 1. The zero-order valence-electron chi connectivity index (χ0n) is 19.5. The van der Waals surface area contributed by atoms with E-state index in [9.17, 15) is 9.59 Å². The van der Waals surface area contributed by atoms with Crippen molar-refractivity contribution < 1.29 is 19.0 Å². The molecule has 1 aliphatic heterocycles. The highest BCUT2D eigenvalue weighted by Crippen LogP contribution is 2.33. The minimum atomic E-state index is -0.337. The summed E-state index contributed by atoms with van der Waals surface area (Å²) in [6.45, 7) is 3.61. The van der Waals surface area contributed by atoms with E-state index in [4.69, 9.17) is 14.2 Å². The number of carbonyl (C=O) groups is 1. The molecule has 0 radical (unpaired) electrons. The summed E-state index contributed by atoms with van der Waals surface area (Å²) >= 11 is 0. The second-order valence-corrected chi connectivity index (χ2v) is 7.89. The fourth-order valence-corrected chi connectivity index (χ4v) is 4.03. The number of rotatable bonds is 9. The van der Waals surface area contributed by atoms with Gasteiger partial charge in [0.25, 0.3) is 5.91 Å². The van der Waals surface area contributed by atoms with Crippen LogP contribution >= 0.6 is 0 Å². The molecular formula is C25H28N4O5. The molecule has 34 heavy (non-hydrogen) atoms. The van der Waals surface area contributed by atoms with Crippen molar-refractivity contribution >= 4 is 5.91 Å². The summed E-state index contributed by atoms with van der Waals surface area (Å²) in [4.78, 5) is 32.8. The molecule has 0 bridgehead atoms. The van der Waals surface area contributed by atoms with Crippen molar-refractivity contribution in [1.29, 1.82) is 0 Å².